The molecule has 3 amide bonds. The Morgan fingerprint density at radius 1 is 1.09 bits per heavy atom. The van der Waals surface area contributed by atoms with Crippen LogP contribution in [0.1, 0.15) is 62.0 Å². The minimum Gasteiger partial charge on any atom is -0.393 e. The summed E-state index contributed by atoms with van der Waals surface area (Å²) in [5.74, 6) is -0.301. The number of rotatable bonds is 6. The number of hydrogen-bond donors (Lipinski definition) is 3. The van der Waals surface area contributed by atoms with Gasteiger partial charge >= 0.3 is 6.03 Å². The molecule has 8 nitrogen and oxygen atoms in total. The summed E-state index contributed by atoms with van der Waals surface area (Å²) in [4.78, 5) is 32.1. The molecule has 32 heavy (non-hydrogen) atoms. The average molecular weight is 436 g/mol. The fourth-order valence-corrected chi connectivity index (χ4v) is 4.14. The molecule has 168 valence electrons. The van der Waals surface area contributed by atoms with Crippen LogP contribution in [-0.4, -0.2) is 28.0 Å². The van der Waals surface area contributed by atoms with Gasteiger partial charge in [-0.15, -0.1) is 5.10 Å². The predicted molar refractivity (Wildman–Crippen MR) is 123 cm³/mol. The smallest absolute Gasteiger partial charge is 0.316 e. The molecule has 8 heteroatoms. The molecular formula is C24H29N5O3. The second kappa shape index (κ2) is 8.90. The number of nitrogens with one attached hydrogen (secondary N) is 2. The highest BCUT2D eigenvalue weighted by atomic mass is 16.7. The molecule has 1 heterocycles. The minimum atomic E-state index is -0.721. The second-order valence-corrected chi connectivity index (χ2v) is 8.75. The molecule has 0 spiro atoms. The van der Waals surface area contributed by atoms with Gasteiger partial charge in [-0.25, -0.2) is 4.79 Å². The van der Waals surface area contributed by atoms with Crippen LogP contribution in [0.2, 0.25) is 0 Å². The Balaban J connectivity index is 1.59. The number of para-hydroxylation sites is 1. The highest BCUT2D eigenvalue weighted by Crippen LogP contribution is 2.26. The van der Waals surface area contributed by atoms with Crippen molar-refractivity contribution in [2.24, 2.45) is 5.73 Å². The van der Waals surface area contributed by atoms with Crippen molar-refractivity contribution in [1.29, 1.82) is 0 Å². The standard InChI is InChI=1S/C24H29N5O3/c1-24(2,16-9-8-10-17(15-16)26-23(25)31)27-22(30)21-19-13-6-7-14-20(19)29(28-21)32-18-11-4-3-5-12-18/h6-10,13-15,18H,3-5,11-12H2,1-2H3,(H,27,30)(H3,25,26,31). The first-order chi connectivity index (χ1) is 15.3. The van der Waals surface area contributed by atoms with Gasteiger partial charge in [0.25, 0.3) is 5.91 Å². The van der Waals surface area contributed by atoms with Gasteiger partial charge in [-0.05, 0) is 63.3 Å². The van der Waals surface area contributed by atoms with Crippen molar-refractivity contribution in [2.45, 2.75) is 57.6 Å². The molecule has 0 unspecified atom stereocenters. The average Bonchev–Trinajstić information content (AvgIpc) is 3.13. The van der Waals surface area contributed by atoms with Crippen molar-refractivity contribution in [2.75, 3.05) is 5.32 Å². The number of anilines is 1. The number of fused-ring (bicyclic) bond motifs is 1. The van der Waals surface area contributed by atoms with Crippen molar-refractivity contribution in [1.82, 2.24) is 15.3 Å². The normalized spacial score (nSPS) is 14.8. The van der Waals surface area contributed by atoms with Crippen molar-refractivity contribution >= 4 is 28.5 Å². The first-order valence-corrected chi connectivity index (χ1v) is 11.0. The summed E-state index contributed by atoms with van der Waals surface area (Å²) in [6, 6.07) is 14.2. The number of aromatic nitrogens is 2. The summed E-state index contributed by atoms with van der Waals surface area (Å²) >= 11 is 0. The topological polar surface area (TPSA) is 111 Å². The van der Waals surface area contributed by atoms with Crippen LogP contribution in [0.4, 0.5) is 10.5 Å². The summed E-state index contributed by atoms with van der Waals surface area (Å²) in [5, 5.41) is 10.9. The Morgan fingerprint density at radius 2 is 1.84 bits per heavy atom. The largest absolute Gasteiger partial charge is 0.393 e. The summed E-state index contributed by atoms with van der Waals surface area (Å²) < 4.78 is 0. The Hall–Kier alpha value is -3.55. The molecular weight excluding hydrogens is 406 g/mol. The fourth-order valence-electron chi connectivity index (χ4n) is 4.14. The van der Waals surface area contributed by atoms with Crippen LogP contribution < -0.4 is 21.2 Å². The zero-order valence-corrected chi connectivity index (χ0v) is 18.4. The number of nitrogens with zero attached hydrogens (tertiary/aromatic N) is 2. The van der Waals surface area contributed by atoms with E-state index in [1.807, 2.05) is 44.2 Å². The Bertz CT molecular complexity index is 1130. The van der Waals surface area contributed by atoms with Crippen molar-refractivity contribution in [3.8, 4) is 0 Å². The summed E-state index contributed by atoms with van der Waals surface area (Å²) in [6.07, 6.45) is 5.64. The molecule has 0 saturated heterocycles. The summed E-state index contributed by atoms with van der Waals surface area (Å²) in [5.41, 5.74) is 6.97. The maximum absolute atomic E-state index is 13.3. The lowest BCUT2D eigenvalue weighted by Crippen LogP contribution is -2.41. The van der Waals surface area contributed by atoms with Gasteiger partial charge in [0, 0.05) is 11.1 Å². The Labute approximate surface area is 187 Å². The Kier molecular flexibility index (Phi) is 6.03. The van der Waals surface area contributed by atoms with Crippen LogP contribution in [0.15, 0.2) is 48.5 Å². The van der Waals surface area contributed by atoms with E-state index in [0.29, 0.717) is 11.4 Å². The number of hydrogen-bond acceptors (Lipinski definition) is 4. The van der Waals surface area contributed by atoms with Gasteiger partial charge in [0.05, 0.1) is 5.54 Å². The minimum absolute atomic E-state index is 0.111. The fraction of sp³-hybridized carbons (Fsp3) is 0.375. The van der Waals surface area contributed by atoms with E-state index in [2.05, 4.69) is 15.7 Å². The van der Waals surface area contributed by atoms with Crippen molar-refractivity contribution in [3.63, 3.8) is 0 Å². The molecule has 2 aromatic carbocycles. The lowest BCUT2D eigenvalue weighted by Gasteiger charge is -2.27. The van der Waals surface area contributed by atoms with E-state index in [-0.39, 0.29) is 12.0 Å². The third-order valence-corrected chi connectivity index (χ3v) is 5.85. The number of nitrogens with two attached hydrogens (primary N) is 1. The number of carbonyl (C=O) groups excluding carboxylic acids is 2. The third kappa shape index (κ3) is 4.69. The lowest BCUT2D eigenvalue weighted by atomic mass is 9.93. The molecule has 4 N–H and O–H groups in total. The highest BCUT2D eigenvalue weighted by Gasteiger charge is 2.27. The zero-order chi connectivity index (χ0) is 22.7. The van der Waals surface area contributed by atoms with E-state index in [4.69, 9.17) is 10.6 Å². The molecule has 0 bridgehead atoms. The zero-order valence-electron chi connectivity index (χ0n) is 18.4. The van der Waals surface area contributed by atoms with E-state index >= 15 is 0 Å². The molecule has 1 fully saturated rings. The molecule has 1 aliphatic rings. The van der Waals surface area contributed by atoms with Gasteiger partial charge in [-0.2, -0.15) is 0 Å². The van der Waals surface area contributed by atoms with Gasteiger partial charge in [-0.1, -0.05) is 41.6 Å². The number of primary amides is 1. The van der Waals surface area contributed by atoms with E-state index in [0.717, 1.165) is 42.1 Å². The van der Waals surface area contributed by atoms with Crippen molar-refractivity contribution in [3.05, 3.63) is 59.8 Å². The number of carbonyl (C=O) groups is 2. The SMILES string of the molecule is CC(C)(NC(=O)c1nn(OC2CCCCC2)c2ccccc12)c1cccc(NC(N)=O)c1. The Morgan fingerprint density at radius 3 is 2.59 bits per heavy atom. The van der Waals surface area contributed by atoms with Crippen LogP contribution in [-0.2, 0) is 5.54 Å². The lowest BCUT2D eigenvalue weighted by molar-refractivity contribution is 0.00198. The van der Waals surface area contributed by atoms with Gasteiger partial charge in [-0.3, -0.25) is 4.79 Å². The van der Waals surface area contributed by atoms with Gasteiger partial charge in [0.1, 0.15) is 11.6 Å². The molecule has 0 atom stereocenters. The first kappa shape index (κ1) is 21.7. The second-order valence-electron chi connectivity index (χ2n) is 8.75. The molecule has 1 saturated carbocycles. The van der Waals surface area contributed by atoms with Crippen LogP contribution >= 0.6 is 0 Å². The number of amides is 3. The molecule has 0 aliphatic heterocycles. The van der Waals surface area contributed by atoms with Crippen molar-refractivity contribution < 1.29 is 14.4 Å². The van der Waals surface area contributed by atoms with E-state index < -0.39 is 11.6 Å². The van der Waals surface area contributed by atoms with Gasteiger partial charge in [0.15, 0.2) is 5.69 Å². The molecule has 3 aromatic rings. The first-order valence-electron chi connectivity index (χ1n) is 11.0. The molecule has 1 aliphatic carbocycles. The maximum atomic E-state index is 13.3. The van der Waals surface area contributed by atoms with Gasteiger partial charge < -0.3 is 21.2 Å². The van der Waals surface area contributed by atoms with E-state index in [9.17, 15) is 9.59 Å². The van der Waals surface area contributed by atoms with Crippen LogP contribution in [0.5, 0.6) is 0 Å². The highest BCUT2D eigenvalue weighted by molar-refractivity contribution is 6.05. The van der Waals surface area contributed by atoms with E-state index in [1.54, 1.807) is 18.2 Å². The number of benzene rings is 2. The van der Waals surface area contributed by atoms with Crippen LogP contribution in [0.3, 0.4) is 0 Å². The van der Waals surface area contributed by atoms with Gasteiger partial charge in [0.2, 0.25) is 0 Å². The maximum Gasteiger partial charge on any atom is 0.316 e. The molecule has 0 radical (unpaired) electrons. The third-order valence-electron chi connectivity index (χ3n) is 5.85. The summed E-state index contributed by atoms with van der Waals surface area (Å²) in [7, 11) is 0. The predicted octanol–water partition coefficient (Wildman–Crippen LogP) is 3.95. The number of urea groups is 1. The molecule has 1 aromatic heterocycles. The molecule has 4 rings (SSSR count). The van der Waals surface area contributed by atoms with E-state index in [1.165, 1.54) is 11.3 Å². The summed E-state index contributed by atoms with van der Waals surface area (Å²) in [6.45, 7) is 3.79. The van der Waals surface area contributed by atoms with Crippen LogP contribution in [0.25, 0.3) is 10.9 Å². The quantitative estimate of drug-likeness (QED) is 0.544. The monoisotopic (exact) mass is 435 g/mol. The van der Waals surface area contributed by atoms with Crippen LogP contribution in [0, 0.1) is 0 Å².